The fourth-order valence-electron chi connectivity index (χ4n) is 1.97. The smallest absolute Gasteiger partial charge is 0.0456 e. The molecule has 1 aromatic heterocycles. The molecule has 1 nitrogen and oxygen atoms in total. The number of hydrogen-bond acceptors (Lipinski definition) is 2. The number of halogens is 1. The Hall–Kier alpha value is -0.830. The lowest BCUT2D eigenvalue weighted by Gasteiger charge is -2.18. The van der Waals surface area contributed by atoms with Crippen molar-refractivity contribution in [1.82, 2.24) is 5.32 Å². The van der Waals surface area contributed by atoms with Crippen LogP contribution in [0, 0.1) is 0 Å². The summed E-state index contributed by atoms with van der Waals surface area (Å²) in [5, 5.41) is 6.59. The predicted molar refractivity (Wildman–Crippen MR) is 80.5 cm³/mol. The van der Waals surface area contributed by atoms with Gasteiger partial charge in [-0.2, -0.15) is 0 Å². The molecule has 3 heteroatoms. The molecule has 0 aliphatic heterocycles. The summed E-state index contributed by atoms with van der Waals surface area (Å²) in [4.78, 5) is 1.38. The van der Waals surface area contributed by atoms with E-state index in [9.17, 15) is 0 Å². The molecule has 0 spiro atoms. The van der Waals surface area contributed by atoms with E-state index in [2.05, 4.69) is 35.8 Å². The Kier molecular flexibility index (Phi) is 5.24. The third-order valence-electron chi connectivity index (χ3n) is 2.91. The molecule has 1 atom stereocenters. The molecule has 1 heterocycles. The van der Waals surface area contributed by atoms with Crippen LogP contribution >= 0.6 is 22.9 Å². The highest BCUT2D eigenvalue weighted by molar-refractivity contribution is 7.10. The van der Waals surface area contributed by atoms with Crippen molar-refractivity contribution >= 4 is 22.9 Å². The lowest BCUT2D eigenvalue weighted by atomic mass is 10.0. The van der Waals surface area contributed by atoms with Crippen LogP contribution in [0.5, 0.6) is 0 Å². The van der Waals surface area contributed by atoms with E-state index in [1.165, 1.54) is 10.4 Å². The third kappa shape index (κ3) is 3.58. The summed E-state index contributed by atoms with van der Waals surface area (Å²) >= 11 is 8.04. The Morgan fingerprint density at radius 1 is 1.22 bits per heavy atom. The second kappa shape index (κ2) is 6.93. The molecule has 18 heavy (non-hydrogen) atoms. The van der Waals surface area contributed by atoms with Gasteiger partial charge < -0.3 is 5.32 Å². The fourth-order valence-corrected chi connectivity index (χ4v) is 2.98. The van der Waals surface area contributed by atoms with Crippen molar-refractivity contribution in [2.45, 2.75) is 25.8 Å². The molecule has 1 unspecified atom stereocenters. The highest BCUT2D eigenvalue weighted by Gasteiger charge is 2.13. The van der Waals surface area contributed by atoms with Gasteiger partial charge in [0.2, 0.25) is 0 Å². The van der Waals surface area contributed by atoms with Crippen LogP contribution < -0.4 is 5.32 Å². The number of benzene rings is 1. The monoisotopic (exact) mass is 279 g/mol. The van der Waals surface area contributed by atoms with Gasteiger partial charge in [0, 0.05) is 15.9 Å². The molecule has 0 amide bonds. The van der Waals surface area contributed by atoms with Gasteiger partial charge in [0.15, 0.2) is 0 Å². The van der Waals surface area contributed by atoms with Gasteiger partial charge in [0.05, 0.1) is 0 Å². The molecule has 2 aromatic rings. The second-order valence-electron chi connectivity index (χ2n) is 4.32. The van der Waals surface area contributed by atoms with Crippen molar-refractivity contribution in [1.29, 1.82) is 0 Å². The van der Waals surface area contributed by atoms with Crippen LogP contribution in [0.2, 0.25) is 5.02 Å². The zero-order valence-corrected chi connectivity index (χ0v) is 12.1. The van der Waals surface area contributed by atoms with Crippen molar-refractivity contribution in [3.8, 4) is 0 Å². The van der Waals surface area contributed by atoms with E-state index in [4.69, 9.17) is 11.6 Å². The lowest BCUT2D eigenvalue weighted by molar-refractivity contribution is 0.536. The SMILES string of the molecule is CCCNC(Cc1ccccc1Cl)c1cccs1. The Morgan fingerprint density at radius 2 is 2.06 bits per heavy atom. The summed E-state index contributed by atoms with van der Waals surface area (Å²) in [6.07, 6.45) is 2.09. The highest BCUT2D eigenvalue weighted by atomic mass is 35.5. The van der Waals surface area contributed by atoms with E-state index in [0.29, 0.717) is 6.04 Å². The fraction of sp³-hybridized carbons (Fsp3) is 0.333. The largest absolute Gasteiger partial charge is 0.309 e. The second-order valence-corrected chi connectivity index (χ2v) is 5.70. The van der Waals surface area contributed by atoms with Crippen molar-refractivity contribution in [3.05, 3.63) is 57.2 Å². The van der Waals surface area contributed by atoms with Crippen LogP contribution in [-0.4, -0.2) is 6.54 Å². The maximum Gasteiger partial charge on any atom is 0.0456 e. The van der Waals surface area contributed by atoms with Crippen LogP contribution in [0.15, 0.2) is 41.8 Å². The number of thiophene rings is 1. The molecule has 0 aliphatic carbocycles. The Morgan fingerprint density at radius 3 is 2.72 bits per heavy atom. The first-order valence-corrected chi connectivity index (χ1v) is 7.57. The van der Waals surface area contributed by atoms with Crippen LogP contribution in [0.1, 0.15) is 29.8 Å². The Bertz CT molecular complexity index is 467. The molecule has 0 bridgehead atoms. The average Bonchev–Trinajstić information content (AvgIpc) is 2.90. The van der Waals surface area contributed by atoms with Crippen LogP contribution in [0.25, 0.3) is 0 Å². The van der Waals surface area contributed by atoms with Gasteiger partial charge in [-0.15, -0.1) is 11.3 Å². The van der Waals surface area contributed by atoms with Crippen molar-refractivity contribution in [2.75, 3.05) is 6.54 Å². The minimum Gasteiger partial charge on any atom is -0.309 e. The first-order chi connectivity index (χ1) is 8.81. The minimum atomic E-state index is 0.366. The van der Waals surface area contributed by atoms with Gasteiger partial charge in [-0.05, 0) is 42.5 Å². The van der Waals surface area contributed by atoms with E-state index in [1.807, 2.05) is 18.2 Å². The van der Waals surface area contributed by atoms with Crippen molar-refractivity contribution in [3.63, 3.8) is 0 Å². The minimum absolute atomic E-state index is 0.366. The quantitative estimate of drug-likeness (QED) is 0.809. The lowest BCUT2D eigenvalue weighted by Crippen LogP contribution is -2.23. The Balaban J connectivity index is 2.13. The van der Waals surface area contributed by atoms with E-state index in [-0.39, 0.29) is 0 Å². The Labute approximate surface area is 118 Å². The standard InChI is InChI=1S/C15H18ClNS/c1-2-9-17-14(15-8-5-10-18-15)11-12-6-3-4-7-13(12)16/h3-8,10,14,17H,2,9,11H2,1H3. The molecule has 1 N–H and O–H groups in total. The summed E-state index contributed by atoms with van der Waals surface area (Å²) in [5.41, 5.74) is 1.21. The first kappa shape index (κ1) is 13.6. The van der Waals surface area contributed by atoms with E-state index in [1.54, 1.807) is 11.3 Å². The average molecular weight is 280 g/mol. The van der Waals surface area contributed by atoms with Gasteiger partial charge in [-0.3, -0.25) is 0 Å². The third-order valence-corrected chi connectivity index (χ3v) is 4.26. The highest BCUT2D eigenvalue weighted by Crippen LogP contribution is 2.26. The number of rotatable bonds is 6. The molecule has 0 saturated heterocycles. The van der Waals surface area contributed by atoms with Gasteiger partial charge in [0.1, 0.15) is 0 Å². The topological polar surface area (TPSA) is 12.0 Å². The number of hydrogen-bond donors (Lipinski definition) is 1. The van der Waals surface area contributed by atoms with E-state index >= 15 is 0 Å². The molecule has 2 rings (SSSR count). The zero-order valence-electron chi connectivity index (χ0n) is 10.5. The van der Waals surface area contributed by atoms with Crippen LogP contribution in [0.3, 0.4) is 0 Å². The maximum absolute atomic E-state index is 6.24. The molecule has 0 saturated carbocycles. The molecular formula is C15H18ClNS. The molecular weight excluding hydrogens is 262 g/mol. The van der Waals surface area contributed by atoms with Gasteiger partial charge in [0.25, 0.3) is 0 Å². The summed E-state index contributed by atoms with van der Waals surface area (Å²) in [5.74, 6) is 0. The summed E-state index contributed by atoms with van der Waals surface area (Å²) in [6, 6.07) is 12.8. The first-order valence-electron chi connectivity index (χ1n) is 6.31. The zero-order chi connectivity index (χ0) is 12.8. The summed E-state index contributed by atoms with van der Waals surface area (Å²) in [6.45, 7) is 3.22. The molecule has 0 aliphatic rings. The normalized spacial score (nSPS) is 12.6. The van der Waals surface area contributed by atoms with Gasteiger partial charge in [-0.1, -0.05) is 42.8 Å². The predicted octanol–water partition coefficient (Wildman–Crippen LogP) is 4.68. The number of nitrogens with one attached hydrogen (secondary N) is 1. The van der Waals surface area contributed by atoms with Gasteiger partial charge >= 0.3 is 0 Å². The van der Waals surface area contributed by atoms with Crippen molar-refractivity contribution in [2.24, 2.45) is 0 Å². The van der Waals surface area contributed by atoms with Crippen LogP contribution in [0.4, 0.5) is 0 Å². The summed E-state index contributed by atoms with van der Waals surface area (Å²) < 4.78 is 0. The maximum atomic E-state index is 6.24. The van der Waals surface area contributed by atoms with Crippen molar-refractivity contribution < 1.29 is 0 Å². The van der Waals surface area contributed by atoms with E-state index in [0.717, 1.165) is 24.4 Å². The van der Waals surface area contributed by atoms with Gasteiger partial charge in [-0.25, -0.2) is 0 Å². The summed E-state index contributed by atoms with van der Waals surface area (Å²) in [7, 11) is 0. The molecule has 96 valence electrons. The molecule has 0 fully saturated rings. The molecule has 0 radical (unpaired) electrons. The van der Waals surface area contributed by atoms with E-state index < -0.39 is 0 Å². The van der Waals surface area contributed by atoms with Crippen LogP contribution in [-0.2, 0) is 6.42 Å². The molecule has 1 aromatic carbocycles.